The van der Waals surface area contributed by atoms with Gasteiger partial charge in [-0.2, -0.15) is 9.97 Å². The van der Waals surface area contributed by atoms with E-state index in [1.807, 2.05) is 0 Å². The number of piperazine rings is 1. The second kappa shape index (κ2) is 18.4. The molecule has 5 rings (SSSR count). The number of benzene rings is 1. The summed E-state index contributed by atoms with van der Waals surface area (Å²) in [6, 6.07) is 11.2. The summed E-state index contributed by atoms with van der Waals surface area (Å²) in [5.41, 5.74) is 4.28. The first-order chi connectivity index (χ1) is 21.7. The van der Waals surface area contributed by atoms with Gasteiger partial charge < -0.3 is 20.6 Å². The highest BCUT2D eigenvalue weighted by Crippen LogP contribution is 2.28. The summed E-state index contributed by atoms with van der Waals surface area (Å²) >= 11 is 0. The maximum Gasteiger partial charge on any atom is 0.226 e. The van der Waals surface area contributed by atoms with E-state index in [4.69, 9.17) is 9.97 Å². The minimum absolute atomic E-state index is 0.216. The van der Waals surface area contributed by atoms with Crippen LogP contribution in [0.5, 0.6) is 0 Å². The fraction of sp³-hybridized carbons (Fsp3) is 0.676. The highest BCUT2D eigenvalue weighted by molar-refractivity contribution is 5.54. The summed E-state index contributed by atoms with van der Waals surface area (Å²) < 4.78 is 0. The van der Waals surface area contributed by atoms with Gasteiger partial charge in [0, 0.05) is 51.9 Å². The van der Waals surface area contributed by atoms with Gasteiger partial charge in [0.25, 0.3) is 0 Å². The Morgan fingerprint density at radius 3 is 2.36 bits per heavy atom. The quantitative estimate of drug-likeness (QED) is 0.127. The molecule has 0 radical (unpaired) electrons. The van der Waals surface area contributed by atoms with Crippen molar-refractivity contribution in [2.75, 3.05) is 61.4 Å². The first-order valence-corrected chi connectivity index (χ1v) is 18.0. The van der Waals surface area contributed by atoms with Crippen molar-refractivity contribution >= 4 is 17.6 Å². The molecule has 0 bridgehead atoms. The van der Waals surface area contributed by atoms with Crippen LogP contribution < -0.4 is 15.5 Å². The summed E-state index contributed by atoms with van der Waals surface area (Å²) in [4.78, 5) is 14.5. The number of anilines is 3. The standard InChI is InChI=1S/C37H58N6O/c44-28-27-42-23-25-43(26-24-42)36-29-35(38-22-21-32-14-9-4-10-15-32)40-37(41-36)39-30-34-19-17-33(18-20-34)16-6-2-1-5-11-31-12-7-3-8-13-31/h14,17-20,29,31,44H,1-13,15-16,21-28,30H2,(H2,38,39,40,41). The van der Waals surface area contributed by atoms with Gasteiger partial charge in [-0.15, -0.1) is 0 Å². The minimum atomic E-state index is 0.216. The zero-order valence-corrected chi connectivity index (χ0v) is 27.2. The van der Waals surface area contributed by atoms with E-state index >= 15 is 0 Å². The molecule has 0 atom stereocenters. The van der Waals surface area contributed by atoms with Gasteiger partial charge in [-0.1, -0.05) is 93.7 Å². The number of unbranched alkanes of at least 4 members (excludes halogenated alkanes) is 3. The third-order valence-corrected chi connectivity index (χ3v) is 9.99. The van der Waals surface area contributed by atoms with Crippen molar-refractivity contribution < 1.29 is 5.11 Å². The Bertz CT molecular complexity index is 1120. The summed E-state index contributed by atoms with van der Waals surface area (Å²) in [5, 5.41) is 16.4. The SMILES string of the molecule is OCCN1CCN(c2cc(NCCC3=CCCCC3)nc(NCc3ccc(CCCCCCC4CCCCC4)cc3)n2)CC1. The maximum absolute atomic E-state index is 9.33. The van der Waals surface area contributed by atoms with Crippen LogP contribution in [0, 0.1) is 5.92 Å². The van der Waals surface area contributed by atoms with Gasteiger partial charge in [0.05, 0.1) is 6.61 Å². The van der Waals surface area contributed by atoms with Crippen LogP contribution in [0.2, 0.25) is 0 Å². The smallest absolute Gasteiger partial charge is 0.226 e. The van der Waals surface area contributed by atoms with E-state index in [-0.39, 0.29) is 6.61 Å². The van der Waals surface area contributed by atoms with E-state index in [1.54, 1.807) is 5.57 Å². The first kappa shape index (κ1) is 32.7. The number of allylic oxidation sites excluding steroid dienone is 1. The van der Waals surface area contributed by atoms with E-state index in [1.165, 1.54) is 107 Å². The van der Waals surface area contributed by atoms with E-state index in [2.05, 4.69) is 56.8 Å². The third kappa shape index (κ3) is 11.1. The molecule has 1 aromatic heterocycles. The number of aliphatic hydroxyl groups is 1. The zero-order chi connectivity index (χ0) is 30.2. The fourth-order valence-electron chi connectivity index (χ4n) is 7.19. The predicted octanol–water partition coefficient (Wildman–Crippen LogP) is 7.58. The molecule has 2 aliphatic carbocycles. The number of aromatic nitrogens is 2. The lowest BCUT2D eigenvalue weighted by molar-refractivity contribution is 0.188. The Hall–Kier alpha value is -2.64. The molecule has 7 nitrogen and oxygen atoms in total. The Labute approximate surface area is 266 Å². The van der Waals surface area contributed by atoms with Gasteiger partial charge in [0.15, 0.2) is 0 Å². The molecule has 1 aliphatic heterocycles. The highest BCUT2D eigenvalue weighted by atomic mass is 16.3. The van der Waals surface area contributed by atoms with Gasteiger partial charge in [-0.3, -0.25) is 4.90 Å². The number of aliphatic hydroxyl groups excluding tert-OH is 1. The van der Waals surface area contributed by atoms with Gasteiger partial charge >= 0.3 is 0 Å². The number of hydrogen-bond donors (Lipinski definition) is 3. The molecule has 3 N–H and O–H groups in total. The first-order valence-electron chi connectivity index (χ1n) is 18.0. The summed E-state index contributed by atoms with van der Waals surface area (Å²) in [6.45, 7) is 6.26. The van der Waals surface area contributed by atoms with Gasteiger partial charge in [-0.25, -0.2) is 0 Å². The Kier molecular flexibility index (Phi) is 13.7. The molecule has 0 amide bonds. The van der Waals surface area contributed by atoms with Crippen molar-refractivity contribution in [1.82, 2.24) is 14.9 Å². The molecule has 2 fully saturated rings. The number of β-amino-alcohol motifs (C(OH)–C–C–N with tert-alkyl or cyclic N) is 1. The fourth-order valence-corrected chi connectivity index (χ4v) is 7.19. The van der Waals surface area contributed by atoms with Gasteiger partial charge in [0.1, 0.15) is 11.6 Å². The lowest BCUT2D eigenvalue weighted by atomic mass is 9.85. The Morgan fingerprint density at radius 1 is 0.795 bits per heavy atom. The van der Waals surface area contributed by atoms with Crippen LogP contribution in [0.15, 0.2) is 42.0 Å². The average molecular weight is 603 g/mol. The molecule has 2 aromatic rings. The second-order valence-electron chi connectivity index (χ2n) is 13.4. The number of rotatable bonds is 17. The number of nitrogens with one attached hydrogen (secondary N) is 2. The number of aryl methyl sites for hydroxylation is 1. The van der Waals surface area contributed by atoms with Crippen molar-refractivity contribution in [1.29, 1.82) is 0 Å². The third-order valence-electron chi connectivity index (χ3n) is 9.99. The topological polar surface area (TPSA) is 76.6 Å². The Morgan fingerprint density at radius 2 is 1.59 bits per heavy atom. The van der Waals surface area contributed by atoms with Gasteiger partial charge in [0.2, 0.25) is 5.95 Å². The Balaban J connectivity index is 1.09. The van der Waals surface area contributed by atoms with Crippen LogP contribution in [-0.2, 0) is 13.0 Å². The average Bonchev–Trinajstić information content (AvgIpc) is 3.07. The zero-order valence-electron chi connectivity index (χ0n) is 27.2. The van der Waals surface area contributed by atoms with E-state index < -0.39 is 0 Å². The molecule has 0 spiro atoms. The largest absolute Gasteiger partial charge is 0.395 e. The lowest BCUT2D eigenvalue weighted by Crippen LogP contribution is -2.47. The van der Waals surface area contributed by atoms with Crippen molar-refractivity contribution in [3.05, 3.63) is 53.1 Å². The van der Waals surface area contributed by atoms with Gasteiger partial charge in [-0.05, 0) is 62.0 Å². The van der Waals surface area contributed by atoms with E-state index in [0.29, 0.717) is 12.5 Å². The monoisotopic (exact) mass is 602 g/mol. The number of nitrogens with zero attached hydrogens (tertiary/aromatic N) is 4. The lowest BCUT2D eigenvalue weighted by Gasteiger charge is -2.35. The predicted molar refractivity (Wildman–Crippen MR) is 185 cm³/mol. The van der Waals surface area contributed by atoms with Crippen LogP contribution >= 0.6 is 0 Å². The molecule has 242 valence electrons. The maximum atomic E-state index is 9.33. The molecule has 44 heavy (non-hydrogen) atoms. The van der Waals surface area contributed by atoms with Crippen molar-refractivity contribution in [2.45, 2.75) is 109 Å². The van der Waals surface area contributed by atoms with Crippen LogP contribution in [-0.4, -0.2) is 65.8 Å². The van der Waals surface area contributed by atoms with Crippen LogP contribution in [0.3, 0.4) is 0 Å². The summed E-state index contributed by atoms with van der Waals surface area (Å²) in [5.74, 6) is 3.57. The molecule has 2 heterocycles. The number of hydrogen-bond acceptors (Lipinski definition) is 7. The van der Waals surface area contributed by atoms with E-state index in [0.717, 1.165) is 63.2 Å². The van der Waals surface area contributed by atoms with Crippen LogP contribution in [0.25, 0.3) is 0 Å². The summed E-state index contributed by atoms with van der Waals surface area (Å²) in [7, 11) is 0. The molecule has 7 heteroatoms. The van der Waals surface area contributed by atoms with Crippen LogP contribution in [0.4, 0.5) is 17.6 Å². The minimum Gasteiger partial charge on any atom is -0.395 e. The van der Waals surface area contributed by atoms with E-state index in [9.17, 15) is 5.11 Å². The van der Waals surface area contributed by atoms with Crippen LogP contribution in [0.1, 0.15) is 107 Å². The van der Waals surface area contributed by atoms with Crippen molar-refractivity contribution in [2.24, 2.45) is 5.92 Å². The summed E-state index contributed by atoms with van der Waals surface area (Å²) in [6.07, 6.45) is 24.1. The molecule has 0 unspecified atom stereocenters. The second-order valence-corrected chi connectivity index (χ2v) is 13.4. The molecule has 1 saturated heterocycles. The molecule has 1 aromatic carbocycles. The molecule has 1 saturated carbocycles. The van der Waals surface area contributed by atoms with Crippen molar-refractivity contribution in [3.63, 3.8) is 0 Å². The molecular weight excluding hydrogens is 544 g/mol. The van der Waals surface area contributed by atoms with Crippen molar-refractivity contribution in [3.8, 4) is 0 Å². The highest BCUT2D eigenvalue weighted by Gasteiger charge is 2.19. The normalized spacial score (nSPS) is 18.3. The molecular formula is C37H58N6O. The molecule has 3 aliphatic rings.